The van der Waals surface area contributed by atoms with Crippen molar-refractivity contribution in [2.45, 2.75) is 62.9 Å². The highest BCUT2D eigenvalue weighted by Crippen LogP contribution is 2.59. The Bertz CT molecular complexity index is 1300. The molecule has 0 unspecified atom stereocenters. The van der Waals surface area contributed by atoms with Gasteiger partial charge in [-0.2, -0.15) is 0 Å². The Balaban J connectivity index is 1.59. The van der Waals surface area contributed by atoms with Gasteiger partial charge in [-0.25, -0.2) is 0 Å². The molecule has 12 heteroatoms. The fourth-order valence-electron chi connectivity index (χ4n) is 6.49. The van der Waals surface area contributed by atoms with Gasteiger partial charge in [-0.3, -0.25) is 19.2 Å². The van der Waals surface area contributed by atoms with Gasteiger partial charge in [-0.1, -0.05) is 28.1 Å². The lowest BCUT2D eigenvalue weighted by Gasteiger charge is -2.36. The first-order valence-corrected chi connectivity index (χ1v) is 15.6. The van der Waals surface area contributed by atoms with Crippen LogP contribution in [0, 0.1) is 11.8 Å². The number of aliphatic hydroxyl groups excluding tert-OH is 1. The van der Waals surface area contributed by atoms with Crippen molar-refractivity contribution in [2.75, 3.05) is 38.3 Å². The smallest absolute Gasteiger partial charge is 0.313 e. The van der Waals surface area contributed by atoms with E-state index in [1.165, 1.54) is 0 Å². The molecule has 2 N–H and O–H groups in total. The Morgan fingerprint density at radius 3 is 2.58 bits per heavy atom. The van der Waals surface area contributed by atoms with Crippen LogP contribution in [0.15, 0.2) is 47.0 Å². The lowest BCUT2D eigenvalue weighted by Crippen LogP contribution is -2.56. The molecule has 1 aromatic rings. The molecule has 3 amide bonds. The van der Waals surface area contributed by atoms with E-state index in [9.17, 15) is 24.3 Å². The number of allylic oxidation sites excluding steroid dienone is 1. The number of amides is 3. The number of unbranched alkanes of at least 4 members (excludes halogenated alkanes) is 2. The van der Waals surface area contributed by atoms with Gasteiger partial charge in [0.1, 0.15) is 35.5 Å². The molecule has 43 heavy (non-hydrogen) atoms. The van der Waals surface area contributed by atoms with E-state index >= 15 is 0 Å². The number of methoxy groups -OCH3 is 1. The Hall–Kier alpha value is -3.22. The normalized spacial score (nSPS) is 31.9. The van der Waals surface area contributed by atoms with Crippen LogP contribution in [-0.4, -0.2) is 90.9 Å². The number of likely N-dealkylation sites (tertiary alicyclic amines) is 1. The molecule has 11 nitrogen and oxygen atoms in total. The molecule has 4 aliphatic heterocycles. The molecule has 0 aromatic heterocycles. The van der Waals surface area contributed by atoms with E-state index in [-0.39, 0.29) is 50.4 Å². The van der Waals surface area contributed by atoms with Crippen molar-refractivity contribution in [3.8, 4) is 5.75 Å². The van der Waals surface area contributed by atoms with E-state index in [0.717, 1.165) is 0 Å². The number of fused-ring (bicyclic) bond motifs is 2. The average molecular weight is 661 g/mol. The highest BCUT2D eigenvalue weighted by atomic mass is 79.9. The van der Waals surface area contributed by atoms with Crippen molar-refractivity contribution < 1.29 is 38.5 Å². The predicted molar refractivity (Wildman–Crippen MR) is 160 cm³/mol. The molecule has 1 spiro atoms. The summed E-state index contributed by atoms with van der Waals surface area (Å²) in [4.78, 5) is 58.1. The van der Waals surface area contributed by atoms with Gasteiger partial charge < -0.3 is 34.4 Å². The number of cyclic esters (lactones) is 1. The molecule has 6 atom stereocenters. The van der Waals surface area contributed by atoms with Gasteiger partial charge in [0.05, 0.1) is 19.6 Å². The summed E-state index contributed by atoms with van der Waals surface area (Å²) in [6.07, 6.45) is 6.57. The maximum Gasteiger partial charge on any atom is 0.313 e. The van der Waals surface area contributed by atoms with Crippen molar-refractivity contribution in [3.63, 3.8) is 0 Å². The van der Waals surface area contributed by atoms with E-state index in [0.29, 0.717) is 41.6 Å². The Kier molecular flexibility index (Phi) is 9.57. The second kappa shape index (κ2) is 13.2. The zero-order valence-electron chi connectivity index (χ0n) is 24.4. The summed E-state index contributed by atoms with van der Waals surface area (Å²) in [7, 11) is 1.56. The molecule has 5 rings (SSSR count). The topological polar surface area (TPSA) is 135 Å². The zero-order valence-corrected chi connectivity index (χ0v) is 26.0. The number of esters is 1. The molecule has 1 aromatic carbocycles. The molecule has 4 aliphatic rings. The van der Waals surface area contributed by atoms with Crippen molar-refractivity contribution in [1.82, 2.24) is 10.2 Å². The van der Waals surface area contributed by atoms with Crippen LogP contribution in [0.5, 0.6) is 5.75 Å². The first kappa shape index (κ1) is 31.2. The van der Waals surface area contributed by atoms with E-state index < -0.39 is 41.7 Å². The van der Waals surface area contributed by atoms with Gasteiger partial charge in [-0.05, 0) is 62.9 Å². The molecule has 5 bridgehead atoms. The number of nitrogens with one attached hydrogen (secondary N) is 1. The minimum Gasteiger partial charge on any atom is -0.497 e. The van der Waals surface area contributed by atoms with Gasteiger partial charge >= 0.3 is 5.97 Å². The number of halogens is 1. The SMILES string of the molecule is COc1ccc(N2C/C=C\CCC(=O)NC[C@H](C)OC(=O)[C@H]3[C@@H]4O[C@@]5(C=C4Br)[C@@H]3C(=O)N(CCCCCO)[C@@H]5C2=O)cc1. The van der Waals surface area contributed by atoms with Crippen LogP contribution in [-0.2, 0) is 28.7 Å². The van der Waals surface area contributed by atoms with E-state index in [2.05, 4.69) is 21.2 Å². The first-order chi connectivity index (χ1) is 20.7. The highest BCUT2D eigenvalue weighted by molar-refractivity contribution is 9.11. The number of aliphatic hydroxyl groups is 1. The molecule has 2 saturated heterocycles. The van der Waals surface area contributed by atoms with E-state index in [1.807, 2.05) is 12.2 Å². The van der Waals surface area contributed by atoms with Crippen LogP contribution < -0.4 is 15.0 Å². The monoisotopic (exact) mass is 659 g/mol. The Labute approximate surface area is 259 Å². The minimum atomic E-state index is -1.38. The number of hydrogen-bond donors (Lipinski definition) is 2. The second-order valence-electron chi connectivity index (χ2n) is 11.4. The molecule has 2 fully saturated rings. The van der Waals surface area contributed by atoms with Crippen LogP contribution in [0.3, 0.4) is 0 Å². The van der Waals surface area contributed by atoms with Gasteiger partial charge in [0.15, 0.2) is 0 Å². The molecule has 4 heterocycles. The number of benzene rings is 1. The van der Waals surface area contributed by atoms with Crippen LogP contribution in [0.25, 0.3) is 0 Å². The molecular weight excluding hydrogens is 622 g/mol. The lowest BCUT2D eigenvalue weighted by molar-refractivity contribution is -0.158. The van der Waals surface area contributed by atoms with Gasteiger partial charge in [0, 0.05) is 36.3 Å². The average Bonchev–Trinajstić information content (AvgIpc) is 3.58. The van der Waals surface area contributed by atoms with Crippen LogP contribution in [0.2, 0.25) is 0 Å². The predicted octanol–water partition coefficient (Wildman–Crippen LogP) is 2.46. The molecular formula is C31H38BrN3O8. The highest BCUT2D eigenvalue weighted by Gasteiger charge is 2.74. The third-order valence-electron chi connectivity index (χ3n) is 8.54. The third kappa shape index (κ3) is 5.97. The standard InChI is InChI=1S/C31H38BrN3O8/c1-19-18-33-23(37)9-5-3-6-14-34(20-10-12-21(41-2)13-11-20)29(39)27-31-17-22(32)26(43-31)24(30(40)42-19)25(31)28(38)35(27)15-7-4-8-16-36/h3,6,10-13,17,19,24-27,36H,4-5,7-9,14-16,18H2,1-2H3,(H,33,37)/b6-3-/t19-,24+,25-,26+,27+,31-/m0/s1. The van der Waals surface area contributed by atoms with Gasteiger partial charge in [-0.15, -0.1) is 0 Å². The summed E-state index contributed by atoms with van der Waals surface area (Å²) in [5.74, 6) is -2.77. The minimum absolute atomic E-state index is 0.0352. The van der Waals surface area contributed by atoms with E-state index in [1.54, 1.807) is 54.2 Å². The molecule has 0 radical (unpaired) electrons. The van der Waals surface area contributed by atoms with Crippen molar-refractivity contribution in [2.24, 2.45) is 11.8 Å². The number of carbonyl (C=O) groups is 4. The summed E-state index contributed by atoms with van der Waals surface area (Å²) in [6.45, 7) is 2.31. The Morgan fingerprint density at radius 2 is 1.86 bits per heavy atom. The summed E-state index contributed by atoms with van der Waals surface area (Å²) in [5, 5.41) is 12.1. The Morgan fingerprint density at radius 1 is 1.09 bits per heavy atom. The fourth-order valence-corrected chi connectivity index (χ4v) is 7.22. The van der Waals surface area contributed by atoms with Crippen molar-refractivity contribution >= 4 is 45.3 Å². The van der Waals surface area contributed by atoms with Gasteiger partial charge in [0.2, 0.25) is 11.8 Å². The molecule has 0 saturated carbocycles. The summed E-state index contributed by atoms with van der Waals surface area (Å²) >= 11 is 3.55. The number of rotatable bonds is 7. The number of ether oxygens (including phenoxy) is 3. The number of nitrogens with zero attached hydrogens (tertiary/aromatic N) is 2. The van der Waals surface area contributed by atoms with Crippen LogP contribution in [0.4, 0.5) is 5.69 Å². The molecule has 0 aliphatic carbocycles. The first-order valence-electron chi connectivity index (χ1n) is 14.8. The number of anilines is 1. The van der Waals surface area contributed by atoms with Crippen molar-refractivity contribution in [3.05, 3.63) is 47.0 Å². The lowest BCUT2D eigenvalue weighted by atomic mass is 9.74. The summed E-state index contributed by atoms with van der Waals surface area (Å²) < 4.78 is 18.2. The van der Waals surface area contributed by atoms with Crippen LogP contribution >= 0.6 is 15.9 Å². The molecule has 232 valence electrons. The second-order valence-corrected chi connectivity index (χ2v) is 12.3. The maximum atomic E-state index is 14.7. The number of hydrogen-bond acceptors (Lipinski definition) is 8. The number of carbonyl (C=O) groups excluding carboxylic acids is 4. The maximum absolute atomic E-state index is 14.7. The van der Waals surface area contributed by atoms with Crippen molar-refractivity contribution in [1.29, 1.82) is 0 Å². The van der Waals surface area contributed by atoms with Gasteiger partial charge in [0.25, 0.3) is 5.91 Å². The van der Waals surface area contributed by atoms with Crippen LogP contribution in [0.1, 0.15) is 39.0 Å². The third-order valence-corrected chi connectivity index (χ3v) is 9.22. The zero-order chi connectivity index (χ0) is 30.7. The fraction of sp³-hybridized carbons (Fsp3) is 0.548. The summed E-state index contributed by atoms with van der Waals surface area (Å²) in [6, 6.07) is 6.03. The summed E-state index contributed by atoms with van der Waals surface area (Å²) in [5.41, 5.74) is -0.780. The largest absolute Gasteiger partial charge is 0.497 e. The van der Waals surface area contributed by atoms with E-state index in [4.69, 9.17) is 14.2 Å². The quantitative estimate of drug-likeness (QED) is 0.259.